The van der Waals surface area contributed by atoms with Crippen molar-refractivity contribution in [3.63, 3.8) is 0 Å². The van der Waals surface area contributed by atoms with Crippen LogP contribution < -0.4 is 0 Å². The van der Waals surface area contributed by atoms with Gasteiger partial charge in [0.05, 0.1) is 5.75 Å². The number of hydrogen-bond donors (Lipinski definition) is 0. The van der Waals surface area contributed by atoms with Gasteiger partial charge in [0.1, 0.15) is 11.5 Å². The summed E-state index contributed by atoms with van der Waals surface area (Å²) in [5, 5.41) is 0. The lowest BCUT2D eigenvalue weighted by Gasteiger charge is -2.08. The number of ketones is 1. The van der Waals surface area contributed by atoms with Gasteiger partial charge in [-0.3, -0.25) is 4.79 Å². The van der Waals surface area contributed by atoms with Gasteiger partial charge in [-0.15, -0.1) is 0 Å². The summed E-state index contributed by atoms with van der Waals surface area (Å²) >= 11 is 0. The Morgan fingerprint density at radius 2 is 1.87 bits per heavy atom. The van der Waals surface area contributed by atoms with Gasteiger partial charge >= 0.3 is 0 Å². The van der Waals surface area contributed by atoms with Crippen LogP contribution in [0.4, 0.5) is 0 Å². The quantitative estimate of drug-likeness (QED) is 0.703. The molecule has 0 radical (unpaired) electrons. The maximum Gasteiger partial charge on any atom is 0.157 e. The van der Waals surface area contributed by atoms with Crippen LogP contribution in [0.5, 0.6) is 0 Å². The monoisotopic (exact) mass is 232 g/mol. The van der Waals surface area contributed by atoms with Crippen molar-refractivity contribution in [1.29, 1.82) is 0 Å². The van der Waals surface area contributed by atoms with Crippen LogP contribution in [0.15, 0.2) is 0 Å². The van der Waals surface area contributed by atoms with Crippen molar-refractivity contribution in [1.82, 2.24) is 0 Å². The molecular formula is C11H20O3S. The Labute approximate surface area is 92.2 Å². The molecule has 0 aromatic heterocycles. The number of sulfone groups is 1. The highest BCUT2D eigenvalue weighted by Gasteiger charge is 2.24. The largest absolute Gasteiger partial charge is 0.299 e. The number of rotatable bonds is 6. The fraction of sp³-hybridized carbons (Fsp3) is 0.909. The molecule has 0 atom stereocenters. The molecule has 88 valence electrons. The minimum atomic E-state index is -3.14. The number of hydrogen-bond acceptors (Lipinski definition) is 3. The fourth-order valence-electron chi connectivity index (χ4n) is 2.19. The lowest BCUT2D eigenvalue weighted by Crippen LogP contribution is -2.22. The zero-order valence-corrected chi connectivity index (χ0v) is 10.2. The summed E-state index contributed by atoms with van der Waals surface area (Å²) in [6, 6.07) is 0. The summed E-state index contributed by atoms with van der Waals surface area (Å²) in [6.07, 6.45) is 5.44. The Kier molecular flexibility index (Phi) is 4.77. The third kappa shape index (κ3) is 4.78. The van der Waals surface area contributed by atoms with E-state index in [4.69, 9.17) is 0 Å². The molecule has 0 bridgehead atoms. The molecule has 0 aliphatic heterocycles. The molecule has 0 aromatic carbocycles. The molecule has 1 saturated carbocycles. The van der Waals surface area contributed by atoms with Gasteiger partial charge in [-0.05, 0) is 25.2 Å². The molecule has 0 saturated heterocycles. The molecule has 0 unspecified atom stereocenters. The third-order valence-electron chi connectivity index (χ3n) is 2.87. The second kappa shape index (κ2) is 5.64. The van der Waals surface area contributed by atoms with Crippen LogP contribution in [0.25, 0.3) is 0 Å². The van der Waals surface area contributed by atoms with Crippen LogP contribution in [-0.2, 0) is 14.6 Å². The first-order valence-electron chi connectivity index (χ1n) is 5.75. The molecule has 15 heavy (non-hydrogen) atoms. The summed E-state index contributed by atoms with van der Waals surface area (Å²) in [5.74, 6) is 0.166. The van der Waals surface area contributed by atoms with Crippen molar-refractivity contribution >= 4 is 15.6 Å². The minimum absolute atomic E-state index is 0.129. The molecule has 0 N–H and O–H groups in total. The van der Waals surface area contributed by atoms with E-state index >= 15 is 0 Å². The summed E-state index contributed by atoms with van der Waals surface area (Å²) in [5.41, 5.74) is 0. The molecule has 4 heteroatoms. The third-order valence-corrected chi connectivity index (χ3v) is 4.62. The number of Topliss-reactive ketones (excluding diaryl/α,β-unsaturated/α-hetero) is 1. The van der Waals surface area contributed by atoms with E-state index in [0.717, 1.165) is 32.1 Å². The predicted octanol–water partition coefficient (Wildman–Crippen LogP) is 1.96. The highest BCUT2D eigenvalue weighted by atomic mass is 32.2. The molecular weight excluding hydrogens is 212 g/mol. The Hall–Kier alpha value is -0.380. The molecule has 1 fully saturated rings. The van der Waals surface area contributed by atoms with Crippen LogP contribution in [0, 0.1) is 5.92 Å². The van der Waals surface area contributed by atoms with E-state index in [2.05, 4.69) is 0 Å². The van der Waals surface area contributed by atoms with Crippen molar-refractivity contribution < 1.29 is 13.2 Å². The molecule has 3 nitrogen and oxygen atoms in total. The first-order chi connectivity index (χ1) is 7.03. The highest BCUT2D eigenvalue weighted by Crippen LogP contribution is 2.26. The standard InChI is InChI=1S/C11H20O3S/c1-2-5-11(12)9-15(13,14)8-10-6-3-4-7-10/h10H,2-9H2,1H3. The maximum absolute atomic E-state index is 11.7. The van der Waals surface area contributed by atoms with Gasteiger partial charge < -0.3 is 0 Å². The van der Waals surface area contributed by atoms with E-state index < -0.39 is 9.84 Å². The van der Waals surface area contributed by atoms with Gasteiger partial charge in [0.15, 0.2) is 9.84 Å². The average molecular weight is 232 g/mol. The second-order valence-electron chi connectivity index (χ2n) is 4.49. The lowest BCUT2D eigenvalue weighted by atomic mass is 10.1. The highest BCUT2D eigenvalue weighted by molar-refractivity contribution is 7.92. The van der Waals surface area contributed by atoms with Crippen molar-refractivity contribution in [3.8, 4) is 0 Å². The second-order valence-corrected chi connectivity index (χ2v) is 6.60. The van der Waals surface area contributed by atoms with Crippen molar-refractivity contribution in [3.05, 3.63) is 0 Å². The lowest BCUT2D eigenvalue weighted by molar-refractivity contribution is -0.116. The van der Waals surface area contributed by atoms with Crippen LogP contribution in [0.3, 0.4) is 0 Å². The molecule has 1 rings (SSSR count). The first-order valence-corrected chi connectivity index (χ1v) is 7.58. The average Bonchev–Trinajstić information content (AvgIpc) is 2.54. The Bertz CT molecular complexity index is 300. The van der Waals surface area contributed by atoms with E-state index in [9.17, 15) is 13.2 Å². The molecule has 0 aromatic rings. The van der Waals surface area contributed by atoms with Gasteiger partial charge in [0, 0.05) is 6.42 Å². The summed E-state index contributed by atoms with van der Waals surface area (Å²) in [7, 11) is -3.14. The topological polar surface area (TPSA) is 51.2 Å². The SMILES string of the molecule is CCCC(=O)CS(=O)(=O)CC1CCCC1. The van der Waals surface area contributed by atoms with E-state index in [-0.39, 0.29) is 17.3 Å². The molecule has 0 heterocycles. The molecule has 1 aliphatic carbocycles. The maximum atomic E-state index is 11.7. The van der Waals surface area contributed by atoms with Crippen LogP contribution >= 0.6 is 0 Å². The normalized spacial score (nSPS) is 18.2. The van der Waals surface area contributed by atoms with Gasteiger partial charge in [-0.25, -0.2) is 8.42 Å². The Balaban J connectivity index is 2.40. The van der Waals surface area contributed by atoms with E-state index in [1.54, 1.807) is 0 Å². The zero-order valence-electron chi connectivity index (χ0n) is 9.37. The van der Waals surface area contributed by atoms with Crippen molar-refractivity contribution in [2.75, 3.05) is 11.5 Å². The molecule has 1 aliphatic rings. The van der Waals surface area contributed by atoms with E-state index in [1.165, 1.54) is 0 Å². The van der Waals surface area contributed by atoms with Gasteiger partial charge in [0.25, 0.3) is 0 Å². The van der Waals surface area contributed by atoms with Gasteiger partial charge in [0.2, 0.25) is 0 Å². The molecule has 0 spiro atoms. The van der Waals surface area contributed by atoms with Crippen molar-refractivity contribution in [2.24, 2.45) is 5.92 Å². The van der Waals surface area contributed by atoms with Gasteiger partial charge in [-0.2, -0.15) is 0 Å². The van der Waals surface area contributed by atoms with Crippen LogP contribution in [-0.4, -0.2) is 25.7 Å². The van der Waals surface area contributed by atoms with E-state index in [1.807, 2.05) is 6.92 Å². The minimum Gasteiger partial charge on any atom is -0.299 e. The van der Waals surface area contributed by atoms with E-state index in [0.29, 0.717) is 12.3 Å². The summed E-state index contributed by atoms with van der Waals surface area (Å²) in [4.78, 5) is 11.3. The van der Waals surface area contributed by atoms with Crippen LogP contribution in [0.1, 0.15) is 45.4 Å². The van der Waals surface area contributed by atoms with Crippen molar-refractivity contribution in [2.45, 2.75) is 45.4 Å². The smallest absolute Gasteiger partial charge is 0.157 e. The Morgan fingerprint density at radius 1 is 1.27 bits per heavy atom. The van der Waals surface area contributed by atoms with Gasteiger partial charge in [-0.1, -0.05) is 19.8 Å². The predicted molar refractivity (Wildman–Crippen MR) is 60.5 cm³/mol. The zero-order chi connectivity index (χ0) is 11.3. The number of carbonyl (C=O) groups is 1. The Morgan fingerprint density at radius 3 is 2.40 bits per heavy atom. The molecule has 0 amide bonds. The number of carbonyl (C=O) groups excluding carboxylic acids is 1. The summed E-state index contributed by atoms with van der Waals surface area (Å²) in [6.45, 7) is 1.89. The van der Waals surface area contributed by atoms with Crippen LogP contribution in [0.2, 0.25) is 0 Å². The first kappa shape index (κ1) is 12.7. The fourth-order valence-corrected chi connectivity index (χ4v) is 4.00. The summed E-state index contributed by atoms with van der Waals surface area (Å²) < 4.78 is 23.3.